The van der Waals surface area contributed by atoms with Crippen LogP contribution in [0.3, 0.4) is 0 Å². The second kappa shape index (κ2) is 42.9. The molecule has 0 radical (unpaired) electrons. The Labute approximate surface area is 254 Å². The molecule has 0 spiro atoms. The minimum Gasteiger partial charge on any atom is -0.381 e. The molecule has 0 heterocycles. The second-order valence-electron chi connectivity index (χ2n) is 12.1. The van der Waals surface area contributed by atoms with Crippen molar-refractivity contribution in [2.75, 3.05) is 27.4 Å². The molecule has 3 rings (SSSR count). The van der Waals surface area contributed by atoms with Crippen molar-refractivity contribution in [1.29, 1.82) is 0 Å². The Kier molecular flexibility index (Phi) is 44.5. The molecule has 3 fully saturated rings. The summed E-state index contributed by atoms with van der Waals surface area (Å²) in [6.07, 6.45) is 48.4. The standard InChI is InChI=1S/3C10H20.2C4H8O/c3*1-2-4-6-8-10-9-7-5-3-1;2*1-3-4-5-2/h3*1-10H2;2*3H,1,4H2,2H3. The summed E-state index contributed by atoms with van der Waals surface area (Å²) >= 11 is 0. The highest BCUT2D eigenvalue weighted by atomic mass is 16.5. The van der Waals surface area contributed by atoms with Gasteiger partial charge >= 0.3 is 0 Å². The molecule has 0 aliphatic heterocycles. The summed E-state index contributed by atoms with van der Waals surface area (Å²) in [6.45, 7) is 8.16. The maximum atomic E-state index is 4.57. The predicted octanol–water partition coefficient (Wildman–Crippen LogP) is 13.3. The number of ether oxygens (including phenoxy) is 2. The topological polar surface area (TPSA) is 18.5 Å². The molecule has 0 aromatic rings. The third kappa shape index (κ3) is 44.4. The lowest BCUT2D eigenvalue weighted by molar-refractivity contribution is 0.234. The van der Waals surface area contributed by atoms with Crippen LogP contribution in [0.4, 0.5) is 0 Å². The van der Waals surface area contributed by atoms with E-state index in [4.69, 9.17) is 0 Å². The lowest BCUT2D eigenvalue weighted by Crippen LogP contribution is -1.85. The first kappa shape index (κ1) is 41.5. The van der Waals surface area contributed by atoms with Crippen LogP contribution < -0.4 is 0 Å². The monoisotopic (exact) mass is 565 g/mol. The van der Waals surface area contributed by atoms with Crippen molar-refractivity contribution in [2.24, 2.45) is 0 Å². The fourth-order valence-electron chi connectivity index (χ4n) is 5.54. The molecule has 0 amide bonds. The van der Waals surface area contributed by atoms with Gasteiger partial charge in [0.05, 0.1) is 13.2 Å². The highest BCUT2D eigenvalue weighted by Crippen LogP contribution is 2.17. The zero-order valence-electron chi connectivity index (χ0n) is 28.0. The van der Waals surface area contributed by atoms with Gasteiger partial charge in [-0.3, -0.25) is 0 Å². The number of rotatable bonds is 4. The molecular formula is C38H76O2. The Hall–Kier alpha value is -0.600. The lowest BCUT2D eigenvalue weighted by Gasteiger charge is -2.05. The highest BCUT2D eigenvalue weighted by molar-refractivity contribution is 4.63. The average molecular weight is 565 g/mol. The smallest absolute Gasteiger partial charge is 0.0641 e. The van der Waals surface area contributed by atoms with Crippen LogP contribution in [-0.4, -0.2) is 27.4 Å². The molecule has 0 aromatic carbocycles. The van der Waals surface area contributed by atoms with Crippen molar-refractivity contribution in [3.05, 3.63) is 25.3 Å². The zero-order chi connectivity index (χ0) is 29.5. The third-order valence-corrected chi connectivity index (χ3v) is 8.07. The second-order valence-corrected chi connectivity index (χ2v) is 12.1. The maximum absolute atomic E-state index is 4.57. The van der Waals surface area contributed by atoms with Crippen LogP contribution in [0.1, 0.15) is 193 Å². The van der Waals surface area contributed by atoms with E-state index >= 15 is 0 Å². The van der Waals surface area contributed by atoms with E-state index in [1.54, 1.807) is 26.4 Å². The predicted molar refractivity (Wildman–Crippen MR) is 183 cm³/mol. The minimum atomic E-state index is 0.653. The molecule has 3 aliphatic rings. The molecule has 0 saturated heterocycles. The van der Waals surface area contributed by atoms with E-state index in [2.05, 4.69) is 22.6 Å². The summed E-state index contributed by atoms with van der Waals surface area (Å²) in [6, 6.07) is 0. The highest BCUT2D eigenvalue weighted by Gasteiger charge is 1.97. The van der Waals surface area contributed by atoms with Crippen LogP contribution in [0, 0.1) is 0 Å². The molecule has 0 aromatic heterocycles. The van der Waals surface area contributed by atoms with Crippen molar-refractivity contribution >= 4 is 0 Å². The van der Waals surface area contributed by atoms with E-state index in [-0.39, 0.29) is 0 Å². The molecule has 0 N–H and O–H groups in total. The van der Waals surface area contributed by atoms with Crippen LogP contribution >= 0.6 is 0 Å². The Balaban J connectivity index is 0. The minimum absolute atomic E-state index is 0.653. The number of hydrogen-bond acceptors (Lipinski definition) is 2. The summed E-state index contributed by atoms with van der Waals surface area (Å²) < 4.78 is 9.15. The van der Waals surface area contributed by atoms with Crippen LogP contribution in [0.5, 0.6) is 0 Å². The van der Waals surface area contributed by atoms with Gasteiger partial charge in [0.2, 0.25) is 0 Å². The van der Waals surface area contributed by atoms with Gasteiger partial charge in [0.15, 0.2) is 0 Å². The van der Waals surface area contributed by atoms with E-state index in [0.717, 1.165) is 0 Å². The molecular weight excluding hydrogens is 488 g/mol. The first-order valence-electron chi connectivity index (χ1n) is 18.0. The van der Waals surface area contributed by atoms with Gasteiger partial charge in [-0.15, -0.1) is 13.2 Å². The summed E-state index contributed by atoms with van der Waals surface area (Å²) in [5.74, 6) is 0. The van der Waals surface area contributed by atoms with Gasteiger partial charge in [-0.05, 0) is 0 Å². The zero-order valence-corrected chi connectivity index (χ0v) is 28.0. The third-order valence-electron chi connectivity index (χ3n) is 8.07. The molecule has 240 valence electrons. The average Bonchev–Trinajstić information content (AvgIpc) is 3.00. The first-order valence-corrected chi connectivity index (χ1v) is 18.0. The van der Waals surface area contributed by atoms with Gasteiger partial charge in [0.25, 0.3) is 0 Å². The molecule has 0 atom stereocenters. The van der Waals surface area contributed by atoms with Crippen LogP contribution in [0.2, 0.25) is 0 Å². The van der Waals surface area contributed by atoms with Crippen molar-refractivity contribution in [3.8, 4) is 0 Å². The summed E-state index contributed by atoms with van der Waals surface area (Å²) in [4.78, 5) is 0. The number of hydrogen-bond donors (Lipinski definition) is 0. The van der Waals surface area contributed by atoms with Gasteiger partial charge in [-0.1, -0.05) is 205 Å². The Morgan fingerprint density at radius 2 is 0.400 bits per heavy atom. The summed E-state index contributed by atoms with van der Waals surface area (Å²) in [5.41, 5.74) is 0. The van der Waals surface area contributed by atoms with Crippen molar-refractivity contribution in [1.82, 2.24) is 0 Å². The van der Waals surface area contributed by atoms with E-state index in [9.17, 15) is 0 Å². The lowest BCUT2D eigenvalue weighted by atomic mass is 10.0. The number of methoxy groups -OCH3 is 2. The quantitative estimate of drug-likeness (QED) is 0.316. The largest absolute Gasteiger partial charge is 0.381 e. The van der Waals surface area contributed by atoms with Crippen LogP contribution in [-0.2, 0) is 9.47 Å². The molecule has 40 heavy (non-hydrogen) atoms. The van der Waals surface area contributed by atoms with Gasteiger partial charge in [-0.2, -0.15) is 0 Å². The van der Waals surface area contributed by atoms with Gasteiger partial charge in [-0.25, -0.2) is 0 Å². The van der Waals surface area contributed by atoms with Gasteiger partial charge in [0, 0.05) is 14.2 Å². The molecule has 3 aliphatic carbocycles. The molecule has 3 saturated carbocycles. The van der Waals surface area contributed by atoms with E-state index in [1.807, 2.05) is 0 Å². The Bertz CT molecular complexity index is 276. The first-order chi connectivity index (χ1) is 19.8. The van der Waals surface area contributed by atoms with E-state index < -0.39 is 0 Å². The van der Waals surface area contributed by atoms with Crippen molar-refractivity contribution in [3.63, 3.8) is 0 Å². The van der Waals surface area contributed by atoms with Crippen LogP contribution in [0.15, 0.2) is 25.3 Å². The summed E-state index contributed by atoms with van der Waals surface area (Å²) in [7, 11) is 3.28. The fourth-order valence-corrected chi connectivity index (χ4v) is 5.54. The Morgan fingerprint density at radius 1 is 0.300 bits per heavy atom. The van der Waals surface area contributed by atoms with Crippen molar-refractivity contribution in [2.45, 2.75) is 193 Å². The molecule has 0 unspecified atom stereocenters. The van der Waals surface area contributed by atoms with E-state index in [0.29, 0.717) is 13.2 Å². The maximum Gasteiger partial charge on any atom is 0.0641 e. The molecule has 2 nitrogen and oxygen atoms in total. The SMILES string of the molecule is C1CCCCCCCCC1.C1CCCCCCCCC1.C1CCCCCCCCC1.C=CCOC.C=CCOC. The van der Waals surface area contributed by atoms with Crippen LogP contribution in [0.25, 0.3) is 0 Å². The van der Waals surface area contributed by atoms with Gasteiger partial charge < -0.3 is 9.47 Å². The fraction of sp³-hybridized carbons (Fsp3) is 0.895. The van der Waals surface area contributed by atoms with Crippen molar-refractivity contribution < 1.29 is 9.47 Å². The molecule has 0 bridgehead atoms. The molecule has 2 heteroatoms. The Morgan fingerprint density at radius 3 is 0.425 bits per heavy atom. The van der Waals surface area contributed by atoms with Gasteiger partial charge in [0.1, 0.15) is 0 Å². The summed E-state index contributed by atoms with van der Waals surface area (Å²) in [5, 5.41) is 0. The normalized spacial score (nSPS) is 19.9. The van der Waals surface area contributed by atoms with E-state index in [1.165, 1.54) is 193 Å².